The Kier molecular flexibility index (Phi) is 4.83. The number of nitrogens with zero attached hydrogens (tertiary/aromatic N) is 2. The van der Waals surface area contributed by atoms with Crippen molar-refractivity contribution in [1.82, 2.24) is 19.6 Å². The third-order valence-corrected chi connectivity index (χ3v) is 7.22. The van der Waals surface area contributed by atoms with E-state index in [1.54, 1.807) is 28.8 Å². The van der Waals surface area contributed by atoms with Crippen LogP contribution in [0.2, 0.25) is 0 Å². The van der Waals surface area contributed by atoms with Crippen LogP contribution in [0.3, 0.4) is 0 Å². The average molecular weight is 435 g/mol. The second-order valence-electron chi connectivity index (χ2n) is 6.40. The van der Waals surface area contributed by atoms with Gasteiger partial charge in [0.1, 0.15) is 0 Å². The Bertz CT molecular complexity index is 1020. The highest BCUT2D eigenvalue weighted by atomic mass is 79.9. The van der Waals surface area contributed by atoms with Crippen molar-refractivity contribution in [3.8, 4) is 0 Å². The molecule has 1 atom stereocenters. The minimum absolute atomic E-state index is 0.146. The van der Waals surface area contributed by atoms with Crippen LogP contribution in [0.4, 0.5) is 0 Å². The number of sulfonamides is 1. The predicted octanol–water partition coefficient (Wildman–Crippen LogP) is 2.88. The molecule has 1 fully saturated rings. The van der Waals surface area contributed by atoms with Crippen LogP contribution >= 0.6 is 15.9 Å². The normalized spacial score (nSPS) is 18.6. The monoisotopic (exact) mass is 434 g/mol. The lowest BCUT2D eigenvalue weighted by atomic mass is 10.2. The van der Waals surface area contributed by atoms with Crippen LogP contribution in [0.1, 0.15) is 12.1 Å². The van der Waals surface area contributed by atoms with E-state index in [0.29, 0.717) is 34.4 Å². The number of aromatic nitrogens is 2. The van der Waals surface area contributed by atoms with E-state index < -0.39 is 10.0 Å². The smallest absolute Gasteiger partial charge is 0.243 e. The summed E-state index contributed by atoms with van der Waals surface area (Å²) in [5, 5.41) is 4.92. The molecule has 26 heavy (non-hydrogen) atoms. The summed E-state index contributed by atoms with van der Waals surface area (Å²) in [5.74, 6) is 0. The van der Waals surface area contributed by atoms with Crippen molar-refractivity contribution in [1.29, 1.82) is 0 Å². The molecule has 0 radical (unpaired) electrons. The summed E-state index contributed by atoms with van der Waals surface area (Å²) in [5.41, 5.74) is 1.09. The molecule has 4 rings (SSSR count). The molecule has 0 bridgehead atoms. The number of halogens is 1. The number of fused-ring (bicyclic) bond motifs is 1. The standard InChI is InChI=1S/C18H19BrN4O2S/c19-16-11-20-9-13-3-1-5-17(18(13)16)26(24,25)23-8-6-15(12-23)22-10-14-4-2-7-21-14/h1-5,7,9,11,15,21-22H,6,8,10,12H2/t15-/m0/s1. The number of hydrogen-bond donors (Lipinski definition) is 2. The van der Waals surface area contributed by atoms with Crippen molar-refractivity contribution >= 4 is 36.7 Å². The second kappa shape index (κ2) is 7.11. The molecular formula is C18H19BrN4O2S. The lowest BCUT2D eigenvalue weighted by Crippen LogP contribution is -2.35. The van der Waals surface area contributed by atoms with Gasteiger partial charge in [-0.05, 0) is 40.5 Å². The van der Waals surface area contributed by atoms with Crippen LogP contribution in [-0.2, 0) is 16.6 Å². The van der Waals surface area contributed by atoms with Gasteiger partial charge < -0.3 is 10.3 Å². The van der Waals surface area contributed by atoms with E-state index in [9.17, 15) is 8.42 Å². The van der Waals surface area contributed by atoms with Gasteiger partial charge in [-0.15, -0.1) is 0 Å². The summed E-state index contributed by atoms with van der Waals surface area (Å²) < 4.78 is 28.7. The number of pyridine rings is 1. The molecule has 1 saturated heterocycles. The Hall–Kier alpha value is -1.74. The van der Waals surface area contributed by atoms with Crippen molar-refractivity contribution in [2.24, 2.45) is 0 Å². The van der Waals surface area contributed by atoms with Gasteiger partial charge in [0.2, 0.25) is 10.0 Å². The SMILES string of the molecule is O=S(=O)(c1cccc2cncc(Br)c12)N1CC[C@H](NCc2ccc[nH]2)C1. The molecular weight excluding hydrogens is 416 g/mol. The van der Waals surface area contributed by atoms with Crippen LogP contribution in [-0.4, -0.2) is 41.8 Å². The fourth-order valence-corrected chi connectivity index (χ4v) is 5.79. The summed E-state index contributed by atoms with van der Waals surface area (Å²) in [4.78, 5) is 7.60. The molecule has 1 aliphatic rings. The Morgan fingerprint density at radius 3 is 2.96 bits per heavy atom. The first kappa shape index (κ1) is 17.7. The van der Waals surface area contributed by atoms with Gasteiger partial charge in [-0.3, -0.25) is 4.98 Å². The zero-order valence-corrected chi connectivity index (χ0v) is 16.4. The summed E-state index contributed by atoms with van der Waals surface area (Å²) in [6.45, 7) is 1.70. The maximum Gasteiger partial charge on any atom is 0.243 e. The zero-order chi connectivity index (χ0) is 18.1. The topological polar surface area (TPSA) is 78.1 Å². The van der Waals surface area contributed by atoms with Crippen molar-refractivity contribution in [3.05, 3.63) is 59.1 Å². The third kappa shape index (κ3) is 3.29. The maximum absolute atomic E-state index is 13.2. The fourth-order valence-electron chi connectivity index (χ4n) is 3.36. The van der Waals surface area contributed by atoms with Crippen molar-refractivity contribution < 1.29 is 8.42 Å². The van der Waals surface area contributed by atoms with E-state index in [-0.39, 0.29) is 6.04 Å². The molecule has 0 spiro atoms. The number of H-pyrrole nitrogens is 1. The van der Waals surface area contributed by atoms with Gasteiger partial charge in [0, 0.05) is 65.2 Å². The molecule has 0 amide bonds. The van der Waals surface area contributed by atoms with Gasteiger partial charge >= 0.3 is 0 Å². The van der Waals surface area contributed by atoms with E-state index in [4.69, 9.17) is 0 Å². The Balaban J connectivity index is 1.56. The Morgan fingerprint density at radius 1 is 1.27 bits per heavy atom. The van der Waals surface area contributed by atoms with Crippen molar-refractivity contribution in [3.63, 3.8) is 0 Å². The first-order chi connectivity index (χ1) is 12.6. The number of aromatic amines is 1. The van der Waals surface area contributed by atoms with Gasteiger partial charge in [-0.25, -0.2) is 8.42 Å². The number of nitrogens with one attached hydrogen (secondary N) is 2. The minimum atomic E-state index is -3.57. The van der Waals surface area contributed by atoms with Gasteiger partial charge in [0.15, 0.2) is 0 Å². The summed E-state index contributed by atoms with van der Waals surface area (Å²) in [6.07, 6.45) is 6.00. The molecule has 8 heteroatoms. The van der Waals surface area contributed by atoms with Crippen LogP contribution < -0.4 is 5.32 Å². The lowest BCUT2D eigenvalue weighted by Gasteiger charge is -2.18. The summed E-state index contributed by atoms with van der Waals surface area (Å²) >= 11 is 3.45. The van der Waals surface area contributed by atoms with Crippen LogP contribution in [0.15, 0.2) is 58.3 Å². The first-order valence-electron chi connectivity index (χ1n) is 8.44. The van der Waals surface area contributed by atoms with Crippen LogP contribution in [0.25, 0.3) is 10.8 Å². The van der Waals surface area contributed by atoms with E-state index in [0.717, 1.165) is 17.5 Å². The molecule has 3 heterocycles. The largest absolute Gasteiger partial charge is 0.364 e. The molecule has 1 aromatic carbocycles. The van der Waals surface area contributed by atoms with Crippen LogP contribution in [0, 0.1) is 0 Å². The lowest BCUT2D eigenvalue weighted by molar-refractivity contribution is 0.456. The number of hydrogen-bond acceptors (Lipinski definition) is 4. The van der Waals surface area contributed by atoms with Crippen molar-refractivity contribution in [2.75, 3.05) is 13.1 Å². The highest BCUT2D eigenvalue weighted by Crippen LogP contribution is 2.32. The summed E-state index contributed by atoms with van der Waals surface area (Å²) in [7, 11) is -3.57. The average Bonchev–Trinajstić information content (AvgIpc) is 3.32. The molecule has 2 aromatic heterocycles. The number of benzene rings is 1. The highest BCUT2D eigenvalue weighted by molar-refractivity contribution is 9.10. The quantitative estimate of drug-likeness (QED) is 0.646. The fraction of sp³-hybridized carbons (Fsp3) is 0.278. The first-order valence-corrected chi connectivity index (χ1v) is 10.7. The van der Waals surface area contributed by atoms with Gasteiger partial charge in [0.05, 0.1) is 4.90 Å². The van der Waals surface area contributed by atoms with Gasteiger partial charge in [-0.1, -0.05) is 12.1 Å². The number of rotatable bonds is 5. The molecule has 2 N–H and O–H groups in total. The Morgan fingerprint density at radius 2 is 2.15 bits per heavy atom. The molecule has 136 valence electrons. The van der Waals surface area contributed by atoms with E-state index in [2.05, 4.69) is 31.2 Å². The molecule has 1 aliphatic heterocycles. The van der Waals surface area contributed by atoms with E-state index in [1.807, 2.05) is 24.4 Å². The maximum atomic E-state index is 13.2. The molecule has 6 nitrogen and oxygen atoms in total. The molecule has 3 aromatic rings. The minimum Gasteiger partial charge on any atom is -0.364 e. The Labute approximate surface area is 160 Å². The molecule has 0 aliphatic carbocycles. The van der Waals surface area contributed by atoms with Gasteiger partial charge in [0.25, 0.3) is 0 Å². The van der Waals surface area contributed by atoms with Crippen LogP contribution in [0.5, 0.6) is 0 Å². The third-order valence-electron chi connectivity index (χ3n) is 4.71. The molecule has 0 unspecified atom stereocenters. The van der Waals surface area contributed by atoms with Gasteiger partial charge in [-0.2, -0.15) is 4.31 Å². The molecule has 0 saturated carbocycles. The van der Waals surface area contributed by atoms with Crippen molar-refractivity contribution in [2.45, 2.75) is 23.9 Å². The summed E-state index contributed by atoms with van der Waals surface area (Å²) in [6, 6.07) is 9.42. The van der Waals surface area contributed by atoms with E-state index >= 15 is 0 Å². The van der Waals surface area contributed by atoms with E-state index in [1.165, 1.54) is 0 Å². The zero-order valence-electron chi connectivity index (χ0n) is 14.0. The predicted molar refractivity (Wildman–Crippen MR) is 104 cm³/mol. The highest BCUT2D eigenvalue weighted by Gasteiger charge is 2.33. The second-order valence-corrected chi connectivity index (χ2v) is 9.16.